The monoisotopic (exact) mass is 120 g/mol. The van der Waals surface area contributed by atoms with Gasteiger partial charge in [0.25, 0.3) is 0 Å². The van der Waals surface area contributed by atoms with Crippen LogP contribution in [-0.4, -0.2) is 0 Å². The highest BCUT2D eigenvalue weighted by molar-refractivity contribution is 5.43. The molecule has 0 nitrogen and oxygen atoms in total. The van der Waals surface area contributed by atoms with Crippen molar-refractivity contribution >= 4 is 0 Å². The van der Waals surface area contributed by atoms with Crippen molar-refractivity contribution in [3.63, 3.8) is 0 Å². The standard InChI is InChI=1S/C9H12/c1-6-5-9(6)3-2-7-4-8(7)9/h5,7-8H,2-4H2,1H3. The zero-order valence-corrected chi connectivity index (χ0v) is 5.85. The van der Waals surface area contributed by atoms with Gasteiger partial charge in [0.05, 0.1) is 0 Å². The molecule has 3 rings (SSSR count). The van der Waals surface area contributed by atoms with Crippen molar-refractivity contribution in [2.24, 2.45) is 17.3 Å². The molecule has 3 atom stereocenters. The van der Waals surface area contributed by atoms with E-state index in [0.29, 0.717) is 0 Å². The van der Waals surface area contributed by atoms with Crippen LogP contribution < -0.4 is 0 Å². The summed E-state index contributed by atoms with van der Waals surface area (Å²) in [6, 6.07) is 0. The average Bonchev–Trinajstić information content (AvgIpc) is 2.64. The van der Waals surface area contributed by atoms with Gasteiger partial charge in [0.1, 0.15) is 0 Å². The van der Waals surface area contributed by atoms with Gasteiger partial charge < -0.3 is 0 Å². The fourth-order valence-electron chi connectivity index (χ4n) is 2.83. The predicted molar refractivity (Wildman–Crippen MR) is 37.0 cm³/mol. The number of hydrogen-bond acceptors (Lipinski definition) is 0. The molecule has 1 spiro atoms. The summed E-state index contributed by atoms with van der Waals surface area (Å²) in [5.41, 5.74) is 2.43. The van der Waals surface area contributed by atoms with Crippen LogP contribution in [0.25, 0.3) is 0 Å². The second-order valence-corrected chi connectivity index (χ2v) is 4.01. The van der Waals surface area contributed by atoms with Gasteiger partial charge in [0.2, 0.25) is 0 Å². The Morgan fingerprint density at radius 2 is 2.44 bits per heavy atom. The first kappa shape index (κ1) is 4.54. The normalized spacial score (nSPS) is 59.4. The largest absolute Gasteiger partial charge is 0.0742 e. The lowest BCUT2D eigenvalue weighted by Crippen LogP contribution is -2.01. The minimum atomic E-state index is 0.727. The Morgan fingerprint density at radius 1 is 1.67 bits per heavy atom. The number of allylic oxidation sites excluding steroid dienone is 2. The number of hydrogen-bond donors (Lipinski definition) is 0. The van der Waals surface area contributed by atoms with E-state index in [0.717, 1.165) is 17.3 Å². The van der Waals surface area contributed by atoms with E-state index in [1.807, 2.05) is 0 Å². The van der Waals surface area contributed by atoms with Crippen LogP contribution in [0.1, 0.15) is 26.2 Å². The molecule has 0 aromatic heterocycles. The molecule has 0 N–H and O–H groups in total. The van der Waals surface area contributed by atoms with Crippen LogP contribution in [0.15, 0.2) is 11.6 Å². The van der Waals surface area contributed by atoms with Gasteiger partial charge in [-0.05, 0) is 38.0 Å². The zero-order valence-electron chi connectivity index (χ0n) is 5.85. The molecule has 0 bridgehead atoms. The Labute approximate surface area is 56.0 Å². The fourth-order valence-corrected chi connectivity index (χ4v) is 2.83. The molecule has 3 aliphatic rings. The first-order chi connectivity index (χ1) is 4.33. The molecule has 0 aromatic rings. The molecule has 0 aliphatic heterocycles. The summed E-state index contributed by atoms with van der Waals surface area (Å²) in [5.74, 6) is 2.27. The first-order valence-electron chi connectivity index (χ1n) is 4.03. The molecule has 0 radical (unpaired) electrons. The van der Waals surface area contributed by atoms with Crippen molar-refractivity contribution < 1.29 is 0 Å². The molecule has 2 saturated carbocycles. The Kier molecular flexibility index (Phi) is 0.505. The van der Waals surface area contributed by atoms with Gasteiger partial charge >= 0.3 is 0 Å². The number of fused-ring (bicyclic) bond motifs is 2. The Balaban J connectivity index is 1.95. The minimum Gasteiger partial charge on any atom is -0.0742 e. The van der Waals surface area contributed by atoms with Crippen molar-refractivity contribution in [1.82, 2.24) is 0 Å². The van der Waals surface area contributed by atoms with Crippen molar-refractivity contribution in [3.8, 4) is 0 Å². The highest BCUT2D eigenvalue weighted by Gasteiger charge is 2.62. The third kappa shape index (κ3) is 0.357. The van der Waals surface area contributed by atoms with Crippen molar-refractivity contribution in [2.75, 3.05) is 0 Å². The van der Waals surface area contributed by atoms with Gasteiger partial charge in [0, 0.05) is 5.41 Å². The van der Waals surface area contributed by atoms with Crippen LogP contribution in [0, 0.1) is 17.3 Å². The molecule has 0 aromatic carbocycles. The lowest BCUT2D eigenvalue weighted by Gasteiger charge is -2.09. The lowest BCUT2D eigenvalue weighted by atomic mass is 9.94. The van der Waals surface area contributed by atoms with E-state index in [1.54, 1.807) is 12.0 Å². The van der Waals surface area contributed by atoms with E-state index >= 15 is 0 Å². The third-order valence-electron chi connectivity index (χ3n) is 3.64. The van der Waals surface area contributed by atoms with Gasteiger partial charge in [-0.15, -0.1) is 0 Å². The zero-order chi connectivity index (χ0) is 6.06. The minimum absolute atomic E-state index is 0.727. The van der Waals surface area contributed by atoms with Crippen molar-refractivity contribution in [1.29, 1.82) is 0 Å². The second-order valence-electron chi connectivity index (χ2n) is 4.01. The molecule has 0 saturated heterocycles. The Morgan fingerprint density at radius 3 is 2.67 bits per heavy atom. The van der Waals surface area contributed by atoms with Crippen LogP contribution >= 0.6 is 0 Å². The molecule has 2 fully saturated rings. The smallest absolute Gasteiger partial charge is 0.0122 e. The van der Waals surface area contributed by atoms with Gasteiger partial charge in [-0.3, -0.25) is 0 Å². The average molecular weight is 120 g/mol. The van der Waals surface area contributed by atoms with Crippen LogP contribution in [0.4, 0.5) is 0 Å². The topological polar surface area (TPSA) is 0 Å². The van der Waals surface area contributed by atoms with E-state index in [1.165, 1.54) is 12.8 Å². The third-order valence-corrected chi connectivity index (χ3v) is 3.64. The van der Waals surface area contributed by atoms with Gasteiger partial charge in [0.15, 0.2) is 0 Å². The molecular weight excluding hydrogens is 108 g/mol. The van der Waals surface area contributed by atoms with Gasteiger partial charge in [-0.2, -0.15) is 0 Å². The van der Waals surface area contributed by atoms with Crippen molar-refractivity contribution in [3.05, 3.63) is 11.6 Å². The van der Waals surface area contributed by atoms with Crippen LogP contribution in [0.2, 0.25) is 0 Å². The molecular formula is C9H12. The molecule has 3 unspecified atom stereocenters. The molecule has 9 heavy (non-hydrogen) atoms. The summed E-state index contributed by atoms with van der Waals surface area (Å²) < 4.78 is 0. The van der Waals surface area contributed by atoms with E-state index in [9.17, 15) is 0 Å². The van der Waals surface area contributed by atoms with Gasteiger partial charge in [-0.25, -0.2) is 0 Å². The van der Waals surface area contributed by atoms with E-state index in [2.05, 4.69) is 13.0 Å². The highest BCUT2D eigenvalue weighted by atomic mass is 14.7. The summed E-state index contributed by atoms with van der Waals surface area (Å²) in [6.45, 7) is 2.31. The maximum Gasteiger partial charge on any atom is 0.0122 e. The quantitative estimate of drug-likeness (QED) is 0.430. The van der Waals surface area contributed by atoms with Crippen LogP contribution in [0.3, 0.4) is 0 Å². The van der Waals surface area contributed by atoms with Crippen LogP contribution in [-0.2, 0) is 0 Å². The van der Waals surface area contributed by atoms with E-state index < -0.39 is 0 Å². The molecule has 0 amide bonds. The van der Waals surface area contributed by atoms with Crippen molar-refractivity contribution in [2.45, 2.75) is 26.2 Å². The lowest BCUT2D eigenvalue weighted by molar-refractivity contribution is 0.496. The molecule has 0 heteroatoms. The van der Waals surface area contributed by atoms with E-state index in [4.69, 9.17) is 0 Å². The Hall–Kier alpha value is -0.260. The number of rotatable bonds is 0. The summed E-state index contributed by atoms with van der Waals surface area (Å²) in [4.78, 5) is 0. The van der Waals surface area contributed by atoms with E-state index in [-0.39, 0.29) is 0 Å². The molecule has 3 aliphatic carbocycles. The Bertz CT molecular complexity index is 202. The maximum atomic E-state index is 2.50. The highest BCUT2D eigenvalue weighted by Crippen LogP contribution is 2.71. The molecule has 48 valence electrons. The second kappa shape index (κ2) is 1.00. The fraction of sp³-hybridized carbons (Fsp3) is 0.778. The van der Waals surface area contributed by atoms with Crippen LogP contribution in [0.5, 0.6) is 0 Å². The summed E-state index contributed by atoms with van der Waals surface area (Å²) in [7, 11) is 0. The SMILES string of the molecule is CC1=CC12CCC1CC12. The summed E-state index contributed by atoms with van der Waals surface area (Å²) >= 11 is 0. The first-order valence-corrected chi connectivity index (χ1v) is 4.03. The molecule has 0 heterocycles. The summed E-state index contributed by atoms with van der Waals surface area (Å²) in [6.07, 6.45) is 7.07. The maximum absolute atomic E-state index is 2.50. The van der Waals surface area contributed by atoms with Gasteiger partial charge in [-0.1, -0.05) is 11.6 Å². The summed E-state index contributed by atoms with van der Waals surface area (Å²) in [5, 5.41) is 0. The predicted octanol–water partition coefficient (Wildman–Crippen LogP) is 2.36.